The van der Waals surface area contributed by atoms with Gasteiger partial charge in [-0.15, -0.1) is 6.58 Å². The van der Waals surface area contributed by atoms with Crippen molar-refractivity contribution in [3.63, 3.8) is 0 Å². The van der Waals surface area contributed by atoms with Crippen LogP contribution >= 0.6 is 0 Å². The molecule has 1 aromatic rings. The Hall–Kier alpha value is -1.57. The first kappa shape index (κ1) is 13.5. The fourth-order valence-electron chi connectivity index (χ4n) is 1.68. The monoisotopic (exact) mass is 232 g/mol. The Bertz CT molecular complexity index is 369. The average molecular weight is 232 g/mol. The number of carbonyl (C=O) groups excluding carboxylic acids is 1. The van der Waals surface area contributed by atoms with E-state index in [1.165, 1.54) is 0 Å². The van der Waals surface area contributed by atoms with Crippen LogP contribution in [0.2, 0.25) is 0 Å². The van der Waals surface area contributed by atoms with Gasteiger partial charge in [-0.3, -0.25) is 0 Å². The molecule has 0 saturated heterocycles. The summed E-state index contributed by atoms with van der Waals surface area (Å²) in [6.07, 6.45) is 5.49. The number of hydrogen-bond donors (Lipinski definition) is 0. The van der Waals surface area contributed by atoms with Crippen LogP contribution < -0.4 is 0 Å². The van der Waals surface area contributed by atoms with Crippen LogP contribution in [0.5, 0.6) is 0 Å². The normalized spacial score (nSPS) is 9.94. The van der Waals surface area contributed by atoms with Crippen molar-refractivity contribution >= 4 is 5.97 Å². The lowest BCUT2D eigenvalue weighted by molar-refractivity contribution is 0.0500. The van der Waals surface area contributed by atoms with Gasteiger partial charge in [-0.1, -0.05) is 37.6 Å². The molecule has 0 spiro atoms. The summed E-state index contributed by atoms with van der Waals surface area (Å²) in [6.45, 7) is 6.20. The molecule has 0 heterocycles. The molecule has 1 rings (SSSR count). The molecule has 2 heteroatoms. The van der Waals surface area contributed by atoms with Crippen molar-refractivity contribution in [2.24, 2.45) is 0 Å². The van der Waals surface area contributed by atoms with E-state index in [0.717, 1.165) is 31.2 Å². The van der Waals surface area contributed by atoms with E-state index in [9.17, 15) is 4.79 Å². The fourth-order valence-corrected chi connectivity index (χ4v) is 1.68. The Morgan fingerprint density at radius 2 is 2.18 bits per heavy atom. The van der Waals surface area contributed by atoms with Crippen LogP contribution in [0.25, 0.3) is 0 Å². The summed E-state index contributed by atoms with van der Waals surface area (Å²) in [5.41, 5.74) is 1.77. The third kappa shape index (κ3) is 4.43. The Balaban J connectivity index is 2.58. The number of allylic oxidation sites excluding steroid dienone is 1. The minimum atomic E-state index is -0.210. The van der Waals surface area contributed by atoms with Gasteiger partial charge in [0.15, 0.2) is 0 Å². The minimum Gasteiger partial charge on any atom is -0.462 e. The van der Waals surface area contributed by atoms with Gasteiger partial charge < -0.3 is 4.74 Å². The lowest BCUT2D eigenvalue weighted by Crippen LogP contribution is -2.09. The smallest absolute Gasteiger partial charge is 0.338 e. The highest BCUT2D eigenvalue weighted by Gasteiger charge is 2.10. The molecule has 0 fully saturated rings. The van der Waals surface area contributed by atoms with E-state index in [0.29, 0.717) is 12.2 Å². The molecular formula is C15H20O2. The molecule has 0 aliphatic rings. The van der Waals surface area contributed by atoms with Crippen molar-refractivity contribution in [1.29, 1.82) is 0 Å². The van der Waals surface area contributed by atoms with Crippen molar-refractivity contribution < 1.29 is 9.53 Å². The highest BCUT2D eigenvalue weighted by molar-refractivity contribution is 5.91. The van der Waals surface area contributed by atoms with Gasteiger partial charge in [-0.05, 0) is 30.9 Å². The number of benzene rings is 1. The lowest BCUT2D eigenvalue weighted by atomic mass is 10.0. The molecule has 92 valence electrons. The number of carbonyl (C=O) groups is 1. The molecule has 0 N–H and O–H groups in total. The largest absolute Gasteiger partial charge is 0.462 e. The first-order valence-electron chi connectivity index (χ1n) is 6.15. The van der Waals surface area contributed by atoms with Crippen molar-refractivity contribution in [2.75, 3.05) is 6.61 Å². The number of unbranched alkanes of at least 4 members (excludes halogenated alkanes) is 1. The van der Waals surface area contributed by atoms with E-state index >= 15 is 0 Å². The molecule has 0 atom stereocenters. The van der Waals surface area contributed by atoms with Crippen LogP contribution in [-0.4, -0.2) is 12.6 Å². The van der Waals surface area contributed by atoms with Gasteiger partial charge in [-0.25, -0.2) is 4.79 Å². The minimum absolute atomic E-state index is 0.210. The molecule has 2 nitrogen and oxygen atoms in total. The molecule has 0 unspecified atom stereocenters. The Kier molecular flexibility index (Phi) is 6.08. The SMILES string of the molecule is C=CCCCOC(=O)c1ccccc1CCC. The third-order valence-electron chi connectivity index (χ3n) is 2.54. The molecule has 0 aromatic heterocycles. The third-order valence-corrected chi connectivity index (χ3v) is 2.54. The molecule has 0 bridgehead atoms. The molecule has 0 saturated carbocycles. The van der Waals surface area contributed by atoms with Crippen LogP contribution in [0.15, 0.2) is 36.9 Å². The van der Waals surface area contributed by atoms with Gasteiger partial charge in [0.05, 0.1) is 12.2 Å². The quantitative estimate of drug-likeness (QED) is 0.406. The maximum Gasteiger partial charge on any atom is 0.338 e. The van der Waals surface area contributed by atoms with Crippen LogP contribution in [0.3, 0.4) is 0 Å². The van der Waals surface area contributed by atoms with Crippen LogP contribution in [-0.2, 0) is 11.2 Å². The maximum atomic E-state index is 11.9. The highest BCUT2D eigenvalue weighted by atomic mass is 16.5. The van der Waals surface area contributed by atoms with Gasteiger partial charge >= 0.3 is 5.97 Å². The van der Waals surface area contributed by atoms with Gasteiger partial charge in [-0.2, -0.15) is 0 Å². The zero-order chi connectivity index (χ0) is 12.5. The van der Waals surface area contributed by atoms with Crippen molar-refractivity contribution in [2.45, 2.75) is 32.6 Å². The summed E-state index contributed by atoms with van der Waals surface area (Å²) in [5, 5.41) is 0. The molecular weight excluding hydrogens is 212 g/mol. The molecule has 17 heavy (non-hydrogen) atoms. The zero-order valence-corrected chi connectivity index (χ0v) is 10.4. The van der Waals surface area contributed by atoms with E-state index in [4.69, 9.17) is 4.74 Å². The molecule has 0 aliphatic heterocycles. The van der Waals surface area contributed by atoms with E-state index in [1.54, 1.807) is 0 Å². The second-order valence-electron chi connectivity index (χ2n) is 3.97. The Morgan fingerprint density at radius 1 is 1.41 bits per heavy atom. The predicted molar refractivity (Wildman–Crippen MR) is 70.2 cm³/mol. The first-order chi connectivity index (χ1) is 8.29. The maximum absolute atomic E-state index is 11.9. The summed E-state index contributed by atoms with van der Waals surface area (Å²) >= 11 is 0. The van der Waals surface area contributed by atoms with E-state index in [2.05, 4.69) is 13.5 Å². The fraction of sp³-hybridized carbons (Fsp3) is 0.400. The number of esters is 1. The second kappa shape index (κ2) is 7.66. The number of hydrogen-bond acceptors (Lipinski definition) is 2. The van der Waals surface area contributed by atoms with E-state index < -0.39 is 0 Å². The topological polar surface area (TPSA) is 26.3 Å². The predicted octanol–water partition coefficient (Wildman–Crippen LogP) is 3.76. The molecule has 0 aliphatic carbocycles. The first-order valence-corrected chi connectivity index (χ1v) is 6.15. The Labute approximate surface area is 103 Å². The summed E-state index contributed by atoms with van der Waals surface area (Å²) in [6, 6.07) is 7.66. The van der Waals surface area contributed by atoms with E-state index in [1.807, 2.05) is 30.3 Å². The second-order valence-corrected chi connectivity index (χ2v) is 3.97. The number of rotatable bonds is 7. The zero-order valence-electron chi connectivity index (χ0n) is 10.4. The highest BCUT2D eigenvalue weighted by Crippen LogP contribution is 2.12. The van der Waals surface area contributed by atoms with Gasteiger partial charge in [0, 0.05) is 0 Å². The number of aryl methyl sites for hydroxylation is 1. The Morgan fingerprint density at radius 3 is 2.88 bits per heavy atom. The molecule has 1 aromatic carbocycles. The standard InChI is InChI=1S/C15H20O2/c1-3-5-8-12-17-15(16)14-11-7-6-10-13(14)9-4-2/h3,6-7,10-11H,1,4-5,8-9,12H2,2H3. The van der Waals surface area contributed by atoms with Crippen molar-refractivity contribution in [3.05, 3.63) is 48.0 Å². The molecule has 0 radical (unpaired) electrons. The van der Waals surface area contributed by atoms with Crippen LogP contribution in [0.1, 0.15) is 42.1 Å². The molecule has 0 amide bonds. The number of ether oxygens (including phenoxy) is 1. The van der Waals surface area contributed by atoms with Crippen LogP contribution in [0.4, 0.5) is 0 Å². The van der Waals surface area contributed by atoms with Gasteiger partial charge in [0.25, 0.3) is 0 Å². The van der Waals surface area contributed by atoms with Gasteiger partial charge in [0.1, 0.15) is 0 Å². The summed E-state index contributed by atoms with van der Waals surface area (Å²) in [7, 11) is 0. The summed E-state index contributed by atoms with van der Waals surface area (Å²) in [4.78, 5) is 11.9. The summed E-state index contributed by atoms with van der Waals surface area (Å²) < 4.78 is 5.23. The summed E-state index contributed by atoms with van der Waals surface area (Å²) in [5.74, 6) is -0.210. The lowest BCUT2D eigenvalue weighted by Gasteiger charge is -2.08. The van der Waals surface area contributed by atoms with Crippen molar-refractivity contribution in [3.8, 4) is 0 Å². The van der Waals surface area contributed by atoms with Crippen LogP contribution in [0, 0.1) is 0 Å². The van der Waals surface area contributed by atoms with Gasteiger partial charge in [0.2, 0.25) is 0 Å². The average Bonchev–Trinajstić information content (AvgIpc) is 2.35. The van der Waals surface area contributed by atoms with E-state index in [-0.39, 0.29) is 5.97 Å². The van der Waals surface area contributed by atoms with Crippen molar-refractivity contribution in [1.82, 2.24) is 0 Å².